The molecule has 1 aromatic carbocycles. The molecule has 1 heteroatoms. The van der Waals surface area contributed by atoms with Crippen LogP contribution in [0.2, 0.25) is 0 Å². The third-order valence-electron chi connectivity index (χ3n) is 2.70. The molecule has 64 valence electrons. The molecule has 0 heterocycles. The van der Waals surface area contributed by atoms with E-state index < -0.39 is 0 Å². The van der Waals surface area contributed by atoms with Crippen LogP contribution in [0.5, 0.6) is 0 Å². The Balaban J connectivity index is 1.98. The summed E-state index contributed by atoms with van der Waals surface area (Å²) in [4.78, 5) is 0. The van der Waals surface area contributed by atoms with Crippen LogP contribution in [0.4, 0.5) is 0 Å². The highest BCUT2D eigenvalue weighted by atomic mass is 16.3. The maximum atomic E-state index is 9.55. The summed E-state index contributed by atoms with van der Waals surface area (Å²) in [5, 5.41) is 9.55. The minimum Gasteiger partial charge on any atom is -0.390 e. The molecule has 0 aliphatic heterocycles. The van der Waals surface area contributed by atoms with Crippen LogP contribution in [0.1, 0.15) is 18.9 Å². The lowest BCUT2D eigenvalue weighted by Gasteiger charge is -2.02. The number of rotatable bonds is 2. The monoisotopic (exact) mass is 162 g/mol. The van der Waals surface area contributed by atoms with Crippen molar-refractivity contribution in [1.29, 1.82) is 0 Å². The molecule has 2 atom stereocenters. The van der Waals surface area contributed by atoms with E-state index in [1.54, 1.807) is 0 Å². The highest BCUT2D eigenvalue weighted by molar-refractivity contribution is 5.18. The minimum atomic E-state index is -0.379. The minimum absolute atomic E-state index is 0.379. The summed E-state index contributed by atoms with van der Waals surface area (Å²) >= 11 is 0. The summed E-state index contributed by atoms with van der Waals surface area (Å²) in [7, 11) is 0. The summed E-state index contributed by atoms with van der Waals surface area (Å²) in [5.41, 5.74) is 0.954. The molecule has 1 aliphatic rings. The van der Waals surface area contributed by atoms with Gasteiger partial charge in [0, 0.05) is 0 Å². The van der Waals surface area contributed by atoms with Crippen LogP contribution in [-0.2, 0) is 6.42 Å². The third kappa shape index (κ3) is 1.51. The zero-order valence-electron chi connectivity index (χ0n) is 7.33. The molecule has 0 amide bonds. The lowest BCUT2D eigenvalue weighted by molar-refractivity contribution is 0.152. The van der Waals surface area contributed by atoms with Gasteiger partial charge in [0.25, 0.3) is 0 Å². The first-order chi connectivity index (χ1) is 5.68. The lowest BCUT2D eigenvalue weighted by atomic mass is 10.1. The van der Waals surface area contributed by atoms with Gasteiger partial charge in [-0.15, -0.1) is 0 Å². The molecule has 1 nitrogen and oxygen atoms in total. The predicted octanol–water partition coefficient (Wildman–Crippen LogP) is 2.00. The van der Waals surface area contributed by atoms with Gasteiger partial charge in [0.05, 0.1) is 5.60 Å². The van der Waals surface area contributed by atoms with Crippen LogP contribution < -0.4 is 0 Å². The highest BCUT2D eigenvalue weighted by Crippen LogP contribution is 2.44. The quantitative estimate of drug-likeness (QED) is 0.705. The van der Waals surface area contributed by atoms with E-state index in [1.807, 2.05) is 25.1 Å². The summed E-state index contributed by atoms with van der Waals surface area (Å²) < 4.78 is 0. The smallest absolute Gasteiger partial charge is 0.0655 e. The van der Waals surface area contributed by atoms with Crippen molar-refractivity contribution in [3.63, 3.8) is 0 Å². The molecular formula is C11H14O. The Morgan fingerprint density at radius 1 is 1.42 bits per heavy atom. The van der Waals surface area contributed by atoms with Crippen molar-refractivity contribution in [2.75, 3.05) is 0 Å². The predicted molar refractivity (Wildman–Crippen MR) is 48.9 cm³/mol. The van der Waals surface area contributed by atoms with Crippen LogP contribution in [0, 0.1) is 5.92 Å². The molecule has 0 unspecified atom stereocenters. The number of benzene rings is 1. The molecule has 0 bridgehead atoms. The number of hydrogen-bond donors (Lipinski definition) is 1. The van der Waals surface area contributed by atoms with Crippen molar-refractivity contribution < 1.29 is 5.11 Å². The van der Waals surface area contributed by atoms with Crippen LogP contribution in [-0.4, -0.2) is 10.7 Å². The largest absolute Gasteiger partial charge is 0.390 e. The average Bonchev–Trinajstić information content (AvgIpc) is 2.61. The molecule has 1 N–H and O–H groups in total. The van der Waals surface area contributed by atoms with E-state index in [0.29, 0.717) is 5.92 Å². The van der Waals surface area contributed by atoms with E-state index in [-0.39, 0.29) is 5.60 Å². The van der Waals surface area contributed by atoms with Crippen molar-refractivity contribution >= 4 is 0 Å². The normalized spacial score (nSPS) is 33.3. The Hall–Kier alpha value is -0.820. The van der Waals surface area contributed by atoms with Crippen LogP contribution in [0.15, 0.2) is 30.3 Å². The molecule has 1 fully saturated rings. The van der Waals surface area contributed by atoms with Gasteiger partial charge in [-0.25, -0.2) is 0 Å². The second-order valence-corrected chi connectivity index (χ2v) is 3.95. The summed E-state index contributed by atoms with van der Waals surface area (Å²) in [6.45, 7) is 1.92. The van der Waals surface area contributed by atoms with Gasteiger partial charge in [-0.3, -0.25) is 0 Å². The molecule has 1 saturated carbocycles. The Labute approximate surface area is 73.0 Å². The molecule has 0 spiro atoms. The molecule has 12 heavy (non-hydrogen) atoms. The second-order valence-electron chi connectivity index (χ2n) is 3.95. The van der Waals surface area contributed by atoms with Gasteiger partial charge in [-0.1, -0.05) is 30.3 Å². The SMILES string of the molecule is C[C@]1(O)C[C@@H]1Cc1ccccc1. The Morgan fingerprint density at radius 2 is 2.00 bits per heavy atom. The van der Waals surface area contributed by atoms with Crippen molar-refractivity contribution in [3.05, 3.63) is 35.9 Å². The Kier molecular flexibility index (Phi) is 1.69. The highest BCUT2D eigenvalue weighted by Gasteiger charge is 2.47. The van der Waals surface area contributed by atoms with Gasteiger partial charge >= 0.3 is 0 Å². The van der Waals surface area contributed by atoms with Crippen molar-refractivity contribution in [3.8, 4) is 0 Å². The molecule has 0 aromatic heterocycles. The fraction of sp³-hybridized carbons (Fsp3) is 0.455. The topological polar surface area (TPSA) is 20.2 Å². The lowest BCUT2D eigenvalue weighted by Crippen LogP contribution is -2.05. The summed E-state index contributed by atoms with van der Waals surface area (Å²) in [5.74, 6) is 0.486. The number of aliphatic hydroxyl groups is 1. The van der Waals surface area contributed by atoms with E-state index in [0.717, 1.165) is 12.8 Å². The Morgan fingerprint density at radius 3 is 2.50 bits per heavy atom. The van der Waals surface area contributed by atoms with Gasteiger partial charge in [-0.2, -0.15) is 0 Å². The van der Waals surface area contributed by atoms with Gasteiger partial charge in [0.1, 0.15) is 0 Å². The van der Waals surface area contributed by atoms with Gasteiger partial charge in [0.15, 0.2) is 0 Å². The van der Waals surface area contributed by atoms with Crippen LogP contribution in [0.25, 0.3) is 0 Å². The van der Waals surface area contributed by atoms with Gasteiger partial charge < -0.3 is 5.11 Å². The molecule has 0 radical (unpaired) electrons. The van der Waals surface area contributed by atoms with E-state index >= 15 is 0 Å². The Bertz CT molecular complexity index is 264. The van der Waals surface area contributed by atoms with Gasteiger partial charge in [0.2, 0.25) is 0 Å². The van der Waals surface area contributed by atoms with E-state index in [1.165, 1.54) is 5.56 Å². The van der Waals surface area contributed by atoms with E-state index in [2.05, 4.69) is 12.1 Å². The summed E-state index contributed by atoms with van der Waals surface area (Å²) in [6, 6.07) is 10.4. The second kappa shape index (κ2) is 2.60. The maximum absolute atomic E-state index is 9.55. The first-order valence-electron chi connectivity index (χ1n) is 4.45. The first-order valence-corrected chi connectivity index (χ1v) is 4.45. The standard InChI is InChI=1S/C11H14O/c1-11(12)8-10(11)7-9-5-3-2-4-6-9/h2-6,10,12H,7-8H2,1H3/t10-,11-/m0/s1. The zero-order valence-corrected chi connectivity index (χ0v) is 7.33. The van der Waals surface area contributed by atoms with Crippen LogP contribution >= 0.6 is 0 Å². The van der Waals surface area contributed by atoms with Crippen LogP contribution in [0.3, 0.4) is 0 Å². The van der Waals surface area contributed by atoms with Crippen molar-refractivity contribution in [2.24, 2.45) is 5.92 Å². The maximum Gasteiger partial charge on any atom is 0.0655 e. The number of hydrogen-bond acceptors (Lipinski definition) is 1. The zero-order chi connectivity index (χ0) is 8.60. The molecule has 0 saturated heterocycles. The summed E-state index contributed by atoms with van der Waals surface area (Å²) in [6.07, 6.45) is 1.98. The van der Waals surface area contributed by atoms with E-state index in [9.17, 15) is 5.11 Å². The third-order valence-corrected chi connectivity index (χ3v) is 2.70. The van der Waals surface area contributed by atoms with E-state index in [4.69, 9.17) is 0 Å². The van der Waals surface area contributed by atoms with Crippen molar-refractivity contribution in [1.82, 2.24) is 0 Å². The fourth-order valence-corrected chi connectivity index (χ4v) is 1.63. The average molecular weight is 162 g/mol. The van der Waals surface area contributed by atoms with Gasteiger partial charge in [-0.05, 0) is 31.2 Å². The molecule has 1 aliphatic carbocycles. The molecule has 1 aromatic rings. The molecule has 2 rings (SSSR count). The van der Waals surface area contributed by atoms with Crippen molar-refractivity contribution in [2.45, 2.75) is 25.4 Å². The first kappa shape index (κ1) is 7.81. The fourth-order valence-electron chi connectivity index (χ4n) is 1.63. The molecular weight excluding hydrogens is 148 g/mol.